The Balaban J connectivity index is 1.24. The average Bonchev–Trinajstić information content (AvgIpc) is 3.58. The highest BCUT2D eigenvalue weighted by Crippen LogP contribution is 2.50. The van der Waals surface area contributed by atoms with Gasteiger partial charge in [0.25, 0.3) is 0 Å². The summed E-state index contributed by atoms with van der Waals surface area (Å²) in [6.45, 7) is 13.5. The average molecular weight is 581 g/mol. The summed E-state index contributed by atoms with van der Waals surface area (Å²) in [5, 5.41) is 5.25. The first kappa shape index (κ1) is 26.3. The Hall–Kier alpha value is -5.08. The van der Waals surface area contributed by atoms with Gasteiger partial charge in [-0.2, -0.15) is 0 Å². The van der Waals surface area contributed by atoms with E-state index in [1.807, 2.05) is 0 Å². The highest BCUT2D eigenvalue weighted by atomic mass is 15.0. The highest BCUT2D eigenvalue weighted by Gasteiger charge is 2.36. The van der Waals surface area contributed by atoms with Gasteiger partial charge in [0.05, 0.1) is 22.1 Å². The van der Waals surface area contributed by atoms with Crippen molar-refractivity contribution in [2.45, 2.75) is 47.0 Å². The van der Waals surface area contributed by atoms with Crippen molar-refractivity contribution in [3.05, 3.63) is 143 Å². The Kier molecular flexibility index (Phi) is 5.26. The van der Waals surface area contributed by atoms with E-state index in [-0.39, 0.29) is 5.41 Å². The van der Waals surface area contributed by atoms with E-state index in [1.54, 1.807) is 0 Å². The molecular formula is C43H36N2. The van der Waals surface area contributed by atoms with Crippen LogP contribution in [0.15, 0.2) is 109 Å². The van der Waals surface area contributed by atoms with Gasteiger partial charge < -0.3 is 9.13 Å². The minimum Gasteiger partial charge on any atom is -0.309 e. The Morgan fingerprint density at radius 1 is 0.378 bits per heavy atom. The molecular weight excluding hydrogens is 544 g/mol. The minimum atomic E-state index is -0.146. The maximum atomic E-state index is 2.46. The molecule has 8 aromatic rings. The standard InChI is InChI=1S/C43H36N2/c1-25-9-17-39-35(19-25)33-13-7-27(3)21-41(33)44(39)29-11-15-31-32-16-12-30(24-38(32)43(5,6)37(31)23-29)45-40-18-10-26(2)20-36(40)34-14-8-28(4)22-42(34)45/h7-24H,1-6H3. The van der Waals surface area contributed by atoms with E-state index in [9.17, 15) is 0 Å². The van der Waals surface area contributed by atoms with Gasteiger partial charge in [0.15, 0.2) is 0 Å². The summed E-state index contributed by atoms with van der Waals surface area (Å²) in [6, 6.07) is 41.6. The van der Waals surface area contributed by atoms with E-state index in [2.05, 4.69) is 160 Å². The zero-order valence-electron chi connectivity index (χ0n) is 26.8. The van der Waals surface area contributed by atoms with Crippen molar-refractivity contribution in [1.29, 1.82) is 0 Å². The van der Waals surface area contributed by atoms with Crippen LogP contribution in [0.4, 0.5) is 0 Å². The zero-order chi connectivity index (χ0) is 30.8. The molecule has 0 fully saturated rings. The number of hydrogen-bond donors (Lipinski definition) is 0. The molecule has 0 saturated carbocycles. The number of fused-ring (bicyclic) bond motifs is 9. The molecule has 9 rings (SSSR count). The molecule has 1 aliphatic carbocycles. The fraction of sp³-hybridized carbons (Fsp3) is 0.163. The molecule has 0 aliphatic heterocycles. The van der Waals surface area contributed by atoms with E-state index >= 15 is 0 Å². The fourth-order valence-electron chi connectivity index (χ4n) is 8.04. The molecule has 1 aliphatic rings. The van der Waals surface area contributed by atoms with Crippen LogP contribution >= 0.6 is 0 Å². The van der Waals surface area contributed by atoms with Crippen LogP contribution in [-0.4, -0.2) is 9.13 Å². The summed E-state index contributed by atoms with van der Waals surface area (Å²) >= 11 is 0. The third kappa shape index (κ3) is 3.63. The lowest BCUT2D eigenvalue weighted by Crippen LogP contribution is -2.16. The molecule has 2 aromatic heterocycles. The normalized spacial score (nSPS) is 13.7. The van der Waals surface area contributed by atoms with Crippen LogP contribution in [0.5, 0.6) is 0 Å². The maximum Gasteiger partial charge on any atom is 0.0543 e. The summed E-state index contributed by atoms with van der Waals surface area (Å²) in [7, 11) is 0. The largest absolute Gasteiger partial charge is 0.309 e. The van der Waals surface area contributed by atoms with E-state index < -0.39 is 0 Å². The number of aryl methyl sites for hydroxylation is 4. The lowest BCUT2D eigenvalue weighted by atomic mass is 9.82. The number of aromatic nitrogens is 2. The van der Waals surface area contributed by atoms with Gasteiger partial charge in [-0.3, -0.25) is 0 Å². The first-order chi connectivity index (χ1) is 21.7. The van der Waals surface area contributed by atoms with Gasteiger partial charge in [-0.05, 0) is 122 Å². The molecule has 0 unspecified atom stereocenters. The molecule has 2 heterocycles. The van der Waals surface area contributed by atoms with Gasteiger partial charge in [-0.1, -0.05) is 73.5 Å². The predicted molar refractivity (Wildman–Crippen MR) is 192 cm³/mol. The number of nitrogens with zero attached hydrogens (tertiary/aromatic N) is 2. The second-order valence-corrected chi connectivity index (χ2v) is 13.8. The second kappa shape index (κ2) is 8.99. The lowest BCUT2D eigenvalue weighted by Gasteiger charge is -2.23. The molecule has 0 bridgehead atoms. The van der Waals surface area contributed by atoms with Gasteiger partial charge in [-0.15, -0.1) is 0 Å². The molecule has 2 heteroatoms. The van der Waals surface area contributed by atoms with Crippen molar-refractivity contribution in [3.63, 3.8) is 0 Å². The van der Waals surface area contributed by atoms with Crippen LogP contribution in [0.1, 0.15) is 47.2 Å². The molecule has 218 valence electrons. The maximum absolute atomic E-state index is 2.46. The summed E-state index contributed by atoms with van der Waals surface area (Å²) < 4.78 is 4.93. The lowest BCUT2D eigenvalue weighted by molar-refractivity contribution is 0.659. The topological polar surface area (TPSA) is 9.86 Å². The number of rotatable bonds is 2. The summed E-state index contributed by atoms with van der Waals surface area (Å²) in [4.78, 5) is 0. The van der Waals surface area contributed by atoms with Crippen LogP contribution in [0.2, 0.25) is 0 Å². The summed E-state index contributed by atoms with van der Waals surface area (Å²) in [5.74, 6) is 0. The third-order valence-electron chi connectivity index (χ3n) is 10.3. The van der Waals surface area contributed by atoms with Crippen molar-refractivity contribution in [2.75, 3.05) is 0 Å². The van der Waals surface area contributed by atoms with Crippen LogP contribution in [0, 0.1) is 27.7 Å². The Bertz CT molecular complexity index is 2370. The van der Waals surface area contributed by atoms with Crippen LogP contribution in [-0.2, 0) is 5.41 Å². The van der Waals surface area contributed by atoms with E-state index in [0.717, 1.165) is 0 Å². The van der Waals surface area contributed by atoms with Gasteiger partial charge in [0, 0.05) is 38.3 Å². The van der Waals surface area contributed by atoms with Gasteiger partial charge >= 0.3 is 0 Å². The Labute approximate surface area is 264 Å². The van der Waals surface area contributed by atoms with Crippen molar-refractivity contribution < 1.29 is 0 Å². The van der Waals surface area contributed by atoms with Crippen molar-refractivity contribution in [1.82, 2.24) is 9.13 Å². The van der Waals surface area contributed by atoms with Gasteiger partial charge in [-0.25, -0.2) is 0 Å². The quantitative estimate of drug-likeness (QED) is 0.192. The fourth-order valence-corrected chi connectivity index (χ4v) is 8.04. The molecule has 0 saturated heterocycles. The zero-order valence-corrected chi connectivity index (χ0v) is 26.8. The smallest absolute Gasteiger partial charge is 0.0543 e. The summed E-state index contributed by atoms with van der Waals surface area (Å²) in [5.41, 5.74) is 17.9. The molecule has 0 amide bonds. The molecule has 45 heavy (non-hydrogen) atoms. The van der Waals surface area contributed by atoms with Crippen molar-refractivity contribution >= 4 is 43.6 Å². The molecule has 0 atom stereocenters. The van der Waals surface area contributed by atoms with Crippen LogP contribution in [0.3, 0.4) is 0 Å². The predicted octanol–water partition coefficient (Wildman–Crippen LogP) is 11.4. The van der Waals surface area contributed by atoms with Gasteiger partial charge in [0.2, 0.25) is 0 Å². The Morgan fingerprint density at radius 3 is 1.22 bits per heavy atom. The first-order valence-electron chi connectivity index (χ1n) is 16.0. The first-order valence-corrected chi connectivity index (χ1v) is 16.0. The SMILES string of the molecule is Cc1ccc2c(c1)c1ccc(C)cc1n2-c1ccc2c(c1)C(C)(C)c1cc(-n3c4ccc(C)cc4c4ccc(C)cc43)ccc1-2. The molecule has 6 aromatic carbocycles. The van der Waals surface area contributed by atoms with E-state index in [1.165, 1.54) is 99.5 Å². The van der Waals surface area contributed by atoms with E-state index in [4.69, 9.17) is 0 Å². The van der Waals surface area contributed by atoms with E-state index in [0.29, 0.717) is 0 Å². The molecule has 0 radical (unpaired) electrons. The van der Waals surface area contributed by atoms with Gasteiger partial charge in [0.1, 0.15) is 0 Å². The number of hydrogen-bond acceptors (Lipinski definition) is 0. The van der Waals surface area contributed by atoms with Crippen LogP contribution < -0.4 is 0 Å². The molecule has 0 N–H and O–H groups in total. The van der Waals surface area contributed by atoms with Crippen LogP contribution in [0.25, 0.3) is 66.1 Å². The monoisotopic (exact) mass is 580 g/mol. The van der Waals surface area contributed by atoms with Crippen molar-refractivity contribution in [2.24, 2.45) is 0 Å². The highest BCUT2D eigenvalue weighted by molar-refractivity contribution is 6.11. The minimum absolute atomic E-state index is 0.146. The molecule has 0 spiro atoms. The third-order valence-corrected chi connectivity index (χ3v) is 10.3. The number of benzene rings is 6. The second-order valence-electron chi connectivity index (χ2n) is 13.8. The summed E-state index contributed by atoms with van der Waals surface area (Å²) in [6.07, 6.45) is 0. The molecule has 2 nitrogen and oxygen atoms in total. The van der Waals surface area contributed by atoms with Crippen molar-refractivity contribution in [3.8, 4) is 22.5 Å². The Morgan fingerprint density at radius 2 is 0.778 bits per heavy atom.